The molecule has 0 fully saturated rings. The molecule has 0 aromatic heterocycles. The highest BCUT2D eigenvalue weighted by Gasteiger charge is 2.12. The normalized spacial score (nSPS) is 38.6. The Labute approximate surface area is 57.3 Å². The number of rotatable bonds is 0. The van der Waals surface area contributed by atoms with Crippen LogP contribution in [-0.4, -0.2) is 9.97 Å². The Kier molecular flexibility index (Phi) is 1.57. The second-order valence-corrected chi connectivity index (χ2v) is 3.20. The smallest absolute Gasteiger partial charge is 0.0505 e. The molecule has 1 heterocycles. The van der Waals surface area contributed by atoms with Crippen LogP contribution < -0.4 is 5.32 Å². The van der Waals surface area contributed by atoms with E-state index in [1.807, 2.05) is 6.20 Å². The van der Waals surface area contributed by atoms with Crippen molar-refractivity contribution in [2.24, 2.45) is 0 Å². The molecule has 0 aromatic carbocycles. The van der Waals surface area contributed by atoms with Gasteiger partial charge in [0.25, 0.3) is 0 Å². The SMILES string of the molecule is CC1NC=CC1I. The van der Waals surface area contributed by atoms with Crippen LogP contribution in [0.15, 0.2) is 12.3 Å². The maximum atomic E-state index is 3.18. The third kappa shape index (κ3) is 1.08. The highest BCUT2D eigenvalue weighted by molar-refractivity contribution is 14.1. The van der Waals surface area contributed by atoms with E-state index in [0.29, 0.717) is 9.97 Å². The second-order valence-electron chi connectivity index (χ2n) is 1.76. The molecular weight excluding hydrogens is 201 g/mol. The zero-order valence-corrected chi connectivity index (χ0v) is 6.34. The zero-order chi connectivity index (χ0) is 5.28. The van der Waals surface area contributed by atoms with E-state index in [1.165, 1.54) is 0 Å². The van der Waals surface area contributed by atoms with Crippen molar-refractivity contribution < 1.29 is 0 Å². The number of halogens is 1. The topological polar surface area (TPSA) is 12.0 Å². The molecule has 2 atom stereocenters. The number of nitrogens with one attached hydrogen (secondary N) is 1. The summed E-state index contributed by atoms with van der Waals surface area (Å²) in [5.41, 5.74) is 0. The van der Waals surface area contributed by atoms with E-state index in [9.17, 15) is 0 Å². The van der Waals surface area contributed by atoms with E-state index in [1.54, 1.807) is 0 Å². The summed E-state index contributed by atoms with van der Waals surface area (Å²) >= 11 is 2.41. The lowest BCUT2D eigenvalue weighted by Crippen LogP contribution is -2.21. The fourth-order valence-electron chi connectivity index (χ4n) is 0.558. The van der Waals surface area contributed by atoms with Crippen molar-refractivity contribution in [1.29, 1.82) is 0 Å². The zero-order valence-electron chi connectivity index (χ0n) is 4.19. The van der Waals surface area contributed by atoms with Crippen molar-refractivity contribution in [3.05, 3.63) is 12.3 Å². The van der Waals surface area contributed by atoms with Crippen LogP contribution in [0.2, 0.25) is 0 Å². The van der Waals surface area contributed by atoms with Gasteiger partial charge < -0.3 is 5.32 Å². The number of alkyl halides is 1. The molecule has 1 N–H and O–H groups in total. The quantitative estimate of drug-likeness (QED) is 0.468. The molecule has 7 heavy (non-hydrogen) atoms. The molecule has 1 rings (SSSR count). The molecule has 0 bridgehead atoms. The summed E-state index contributed by atoms with van der Waals surface area (Å²) in [7, 11) is 0. The summed E-state index contributed by atoms with van der Waals surface area (Å²) in [6.45, 7) is 2.18. The van der Waals surface area contributed by atoms with Crippen molar-refractivity contribution in [3.8, 4) is 0 Å². The minimum atomic E-state index is 0.639. The van der Waals surface area contributed by atoms with Crippen molar-refractivity contribution in [3.63, 3.8) is 0 Å². The van der Waals surface area contributed by atoms with Gasteiger partial charge in [0, 0.05) is 6.04 Å². The van der Waals surface area contributed by atoms with E-state index in [2.05, 4.69) is 40.9 Å². The first-order chi connectivity index (χ1) is 3.30. The Morgan fingerprint density at radius 2 is 2.43 bits per heavy atom. The molecule has 0 saturated heterocycles. The van der Waals surface area contributed by atoms with Crippen LogP contribution in [0.4, 0.5) is 0 Å². The van der Waals surface area contributed by atoms with Crippen LogP contribution in [0, 0.1) is 0 Å². The van der Waals surface area contributed by atoms with E-state index in [4.69, 9.17) is 0 Å². The monoisotopic (exact) mass is 209 g/mol. The Hall–Kier alpha value is 0.270. The van der Waals surface area contributed by atoms with Gasteiger partial charge in [-0.05, 0) is 13.1 Å². The van der Waals surface area contributed by atoms with E-state index >= 15 is 0 Å². The van der Waals surface area contributed by atoms with Gasteiger partial charge in [-0.15, -0.1) is 0 Å². The van der Waals surface area contributed by atoms with Crippen molar-refractivity contribution in [1.82, 2.24) is 5.32 Å². The average Bonchev–Trinajstić information content (AvgIpc) is 1.91. The Balaban J connectivity index is 2.45. The molecule has 1 aliphatic heterocycles. The van der Waals surface area contributed by atoms with Crippen LogP contribution in [0.3, 0.4) is 0 Å². The fourth-order valence-corrected chi connectivity index (χ4v) is 0.973. The molecule has 1 nitrogen and oxygen atoms in total. The summed E-state index contributed by atoms with van der Waals surface area (Å²) in [6, 6.07) is 0.639. The predicted octanol–water partition coefficient (Wildman–Crippen LogP) is 1.30. The molecule has 40 valence electrons. The maximum Gasteiger partial charge on any atom is 0.0505 e. The van der Waals surface area contributed by atoms with Crippen LogP contribution >= 0.6 is 22.6 Å². The van der Waals surface area contributed by atoms with Crippen molar-refractivity contribution in [2.75, 3.05) is 0 Å². The van der Waals surface area contributed by atoms with Crippen LogP contribution in [0.5, 0.6) is 0 Å². The molecule has 0 radical (unpaired) electrons. The first-order valence-corrected chi connectivity index (χ1v) is 3.62. The molecule has 0 aliphatic carbocycles. The van der Waals surface area contributed by atoms with Crippen LogP contribution in [0.25, 0.3) is 0 Å². The Morgan fingerprint density at radius 1 is 1.71 bits per heavy atom. The van der Waals surface area contributed by atoms with Crippen LogP contribution in [0.1, 0.15) is 6.92 Å². The van der Waals surface area contributed by atoms with Gasteiger partial charge in [0.15, 0.2) is 0 Å². The molecule has 1 aliphatic rings. The van der Waals surface area contributed by atoms with Gasteiger partial charge >= 0.3 is 0 Å². The summed E-state index contributed by atoms with van der Waals surface area (Å²) < 4.78 is 0.692. The van der Waals surface area contributed by atoms with E-state index in [-0.39, 0.29) is 0 Å². The molecular formula is C5H8IN. The largest absolute Gasteiger partial charge is 0.387 e. The second kappa shape index (κ2) is 2.03. The lowest BCUT2D eigenvalue weighted by molar-refractivity contribution is 0.713. The third-order valence-electron chi connectivity index (χ3n) is 1.12. The number of hydrogen-bond donors (Lipinski definition) is 1. The summed E-state index contributed by atoms with van der Waals surface area (Å²) in [5.74, 6) is 0. The van der Waals surface area contributed by atoms with Gasteiger partial charge in [-0.1, -0.05) is 28.7 Å². The van der Waals surface area contributed by atoms with E-state index in [0.717, 1.165) is 0 Å². The maximum absolute atomic E-state index is 3.18. The molecule has 0 saturated carbocycles. The standard InChI is InChI=1S/C5H8IN/c1-4-5(6)2-3-7-4/h2-5,7H,1H3. The Bertz CT molecular complexity index is 90.1. The molecule has 0 spiro atoms. The van der Waals surface area contributed by atoms with E-state index < -0.39 is 0 Å². The van der Waals surface area contributed by atoms with Crippen LogP contribution in [-0.2, 0) is 0 Å². The van der Waals surface area contributed by atoms with Crippen molar-refractivity contribution >= 4 is 22.6 Å². The minimum Gasteiger partial charge on any atom is -0.387 e. The number of hydrogen-bond acceptors (Lipinski definition) is 1. The van der Waals surface area contributed by atoms with Gasteiger partial charge in [0.2, 0.25) is 0 Å². The highest BCUT2D eigenvalue weighted by Crippen LogP contribution is 2.11. The summed E-state index contributed by atoms with van der Waals surface area (Å²) in [5, 5.41) is 3.18. The minimum absolute atomic E-state index is 0.639. The first-order valence-electron chi connectivity index (χ1n) is 2.37. The first kappa shape index (κ1) is 5.41. The molecule has 2 heteroatoms. The molecule has 0 amide bonds. The highest BCUT2D eigenvalue weighted by atomic mass is 127. The van der Waals surface area contributed by atoms with Gasteiger partial charge in [-0.25, -0.2) is 0 Å². The molecule has 0 aromatic rings. The third-order valence-corrected chi connectivity index (χ3v) is 2.61. The lowest BCUT2D eigenvalue weighted by atomic mass is 10.3. The predicted molar refractivity (Wildman–Crippen MR) is 39.5 cm³/mol. The van der Waals surface area contributed by atoms with Gasteiger partial charge in [-0.3, -0.25) is 0 Å². The molecule has 2 unspecified atom stereocenters. The van der Waals surface area contributed by atoms with Crippen molar-refractivity contribution in [2.45, 2.75) is 16.9 Å². The van der Waals surface area contributed by atoms with Gasteiger partial charge in [0.05, 0.1) is 3.92 Å². The van der Waals surface area contributed by atoms with Gasteiger partial charge in [0.1, 0.15) is 0 Å². The summed E-state index contributed by atoms with van der Waals surface area (Å²) in [4.78, 5) is 0. The summed E-state index contributed by atoms with van der Waals surface area (Å²) in [6.07, 6.45) is 4.19. The average molecular weight is 209 g/mol. The Morgan fingerprint density at radius 3 is 2.57 bits per heavy atom. The lowest BCUT2D eigenvalue weighted by Gasteiger charge is -2.05. The fraction of sp³-hybridized carbons (Fsp3) is 0.600. The van der Waals surface area contributed by atoms with Gasteiger partial charge in [-0.2, -0.15) is 0 Å².